The van der Waals surface area contributed by atoms with Crippen molar-refractivity contribution in [3.8, 4) is 0 Å². The highest BCUT2D eigenvalue weighted by atomic mass is 32.2. The molecular weight excluding hydrogens is 364 g/mol. The molecule has 24 heavy (non-hydrogen) atoms. The number of nitrogens with one attached hydrogen (secondary N) is 2. The number of amides is 1. The van der Waals surface area contributed by atoms with Crippen molar-refractivity contribution in [1.82, 2.24) is 4.72 Å². The quantitative estimate of drug-likeness (QED) is 0.733. The third kappa shape index (κ3) is 5.34. The largest absolute Gasteiger partial charge is 0.325 e. The first-order valence-corrected chi connectivity index (χ1v) is 11.1. The molecule has 0 fully saturated rings. The summed E-state index contributed by atoms with van der Waals surface area (Å²) in [5.74, 6) is 0.326. The van der Waals surface area contributed by atoms with Gasteiger partial charge in [-0.3, -0.25) is 4.79 Å². The van der Waals surface area contributed by atoms with Crippen molar-refractivity contribution in [2.24, 2.45) is 0 Å². The zero-order valence-electron chi connectivity index (χ0n) is 13.5. The molecule has 1 atom stereocenters. The van der Waals surface area contributed by atoms with Crippen LogP contribution in [-0.2, 0) is 14.8 Å². The molecule has 2 rings (SSSR count). The van der Waals surface area contributed by atoms with Crippen LogP contribution < -0.4 is 10.0 Å². The fraction of sp³-hybridized carbons (Fsp3) is 0.312. The molecule has 1 aromatic carbocycles. The molecule has 0 unspecified atom stereocenters. The Morgan fingerprint density at radius 2 is 1.96 bits per heavy atom. The Kier molecular flexibility index (Phi) is 6.85. The summed E-state index contributed by atoms with van der Waals surface area (Å²) in [6, 6.07) is 9.76. The topological polar surface area (TPSA) is 75.3 Å². The highest BCUT2D eigenvalue weighted by Crippen LogP contribution is 2.17. The lowest BCUT2D eigenvalue weighted by Gasteiger charge is -2.18. The van der Waals surface area contributed by atoms with Gasteiger partial charge in [0, 0.05) is 5.69 Å². The van der Waals surface area contributed by atoms with Crippen molar-refractivity contribution in [2.45, 2.75) is 23.6 Å². The smallest absolute Gasteiger partial charge is 0.250 e. The van der Waals surface area contributed by atoms with Crippen molar-refractivity contribution in [3.63, 3.8) is 0 Å². The third-order valence-corrected chi connectivity index (χ3v) is 6.82. The molecule has 0 saturated carbocycles. The molecule has 1 amide bonds. The molecule has 130 valence electrons. The number of hydrogen-bond donors (Lipinski definition) is 2. The van der Waals surface area contributed by atoms with Gasteiger partial charge in [-0.1, -0.05) is 23.8 Å². The van der Waals surface area contributed by atoms with Crippen LogP contribution in [0.1, 0.15) is 12.0 Å². The van der Waals surface area contributed by atoms with Gasteiger partial charge in [0.05, 0.1) is 0 Å². The Morgan fingerprint density at radius 1 is 1.25 bits per heavy atom. The van der Waals surface area contributed by atoms with Gasteiger partial charge in [0.1, 0.15) is 10.3 Å². The molecular formula is C16H20N2O3S3. The lowest BCUT2D eigenvalue weighted by Crippen LogP contribution is -2.43. The monoisotopic (exact) mass is 384 g/mol. The van der Waals surface area contributed by atoms with Crippen molar-refractivity contribution in [3.05, 3.63) is 47.3 Å². The van der Waals surface area contributed by atoms with Gasteiger partial charge < -0.3 is 5.32 Å². The molecule has 0 aliphatic rings. The number of thioether (sulfide) groups is 1. The third-order valence-electron chi connectivity index (χ3n) is 3.30. The number of thiophene rings is 1. The van der Waals surface area contributed by atoms with Crippen LogP contribution in [-0.4, -0.2) is 32.4 Å². The van der Waals surface area contributed by atoms with Gasteiger partial charge in [0.15, 0.2) is 0 Å². The summed E-state index contributed by atoms with van der Waals surface area (Å²) in [6.07, 6.45) is 2.34. The fourth-order valence-electron chi connectivity index (χ4n) is 2.01. The number of carbonyl (C=O) groups is 1. The van der Waals surface area contributed by atoms with E-state index in [2.05, 4.69) is 10.0 Å². The second-order valence-electron chi connectivity index (χ2n) is 5.24. The van der Waals surface area contributed by atoms with Crippen molar-refractivity contribution >= 4 is 44.7 Å². The van der Waals surface area contributed by atoms with Gasteiger partial charge >= 0.3 is 0 Å². The highest BCUT2D eigenvalue weighted by molar-refractivity contribution is 7.98. The minimum Gasteiger partial charge on any atom is -0.325 e. The average Bonchev–Trinajstić information content (AvgIpc) is 3.09. The summed E-state index contributed by atoms with van der Waals surface area (Å²) in [6.45, 7) is 1.96. The number of carbonyl (C=O) groups excluding carboxylic acids is 1. The van der Waals surface area contributed by atoms with Crippen molar-refractivity contribution in [2.75, 3.05) is 17.3 Å². The van der Waals surface area contributed by atoms with Gasteiger partial charge in [0.25, 0.3) is 10.0 Å². The van der Waals surface area contributed by atoms with Crippen molar-refractivity contribution in [1.29, 1.82) is 0 Å². The minimum absolute atomic E-state index is 0.208. The standard InChI is InChI=1S/C16H20N2O3S3/c1-12-5-7-13(8-6-12)17-16(19)14(9-11-22-2)18-24(20,21)15-4-3-10-23-15/h3-8,10,14,18H,9,11H2,1-2H3,(H,17,19)/t14-/m1/s1. The van der Waals surface area contributed by atoms with Gasteiger partial charge in [-0.15, -0.1) is 11.3 Å². The van der Waals surface area contributed by atoms with E-state index >= 15 is 0 Å². The summed E-state index contributed by atoms with van der Waals surface area (Å²) in [5, 5.41) is 4.47. The summed E-state index contributed by atoms with van der Waals surface area (Å²) in [4.78, 5) is 12.5. The summed E-state index contributed by atoms with van der Waals surface area (Å²) in [5.41, 5.74) is 1.74. The molecule has 5 nitrogen and oxygen atoms in total. The molecule has 0 aliphatic heterocycles. The van der Waals surface area contributed by atoms with Crippen LogP contribution in [0.2, 0.25) is 0 Å². The first kappa shape index (κ1) is 19.0. The number of hydrogen-bond acceptors (Lipinski definition) is 5. The Morgan fingerprint density at radius 3 is 2.54 bits per heavy atom. The van der Waals surface area contributed by atoms with Crippen molar-refractivity contribution < 1.29 is 13.2 Å². The molecule has 0 aliphatic carbocycles. The van der Waals surface area contributed by atoms with Crippen LogP contribution in [0.3, 0.4) is 0 Å². The first-order valence-electron chi connectivity index (χ1n) is 7.34. The van der Waals surface area contributed by atoms with Crippen LogP contribution in [0, 0.1) is 6.92 Å². The Bertz CT molecular complexity index is 756. The lowest BCUT2D eigenvalue weighted by molar-refractivity contribution is -0.117. The molecule has 2 aromatic rings. The summed E-state index contributed by atoms with van der Waals surface area (Å²) >= 11 is 2.69. The molecule has 2 N–H and O–H groups in total. The van der Waals surface area contributed by atoms with Gasteiger partial charge in [-0.05, 0) is 48.9 Å². The zero-order chi connectivity index (χ0) is 17.6. The minimum atomic E-state index is -3.69. The first-order chi connectivity index (χ1) is 11.4. The second-order valence-corrected chi connectivity index (χ2v) is 9.12. The van der Waals surface area contributed by atoms with Gasteiger partial charge in [-0.2, -0.15) is 16.5 Å². The fourth-order valence-corrected chi connectivity index (χ4v) is 4.72. The molecule has 0 spiro atoms. The summed E-state index contributed by atoms with van der Waals surface area (Å²) < 4.78 is 27.5. The van der Waals surface area contributed by atoms with Crippen LogP contribution in [0.5, 0.6) is 0 Å². The predicted molar refractivity (Wildman–Crippen MR) is 101 cm³/mol. The number of aryl methyl sites for hydroxylation is 1. The highest BCUT2D eigenvalue weighted by Gasteiger charge is 2.26. The SMILES string of the molecule is CSCC[C@@H](NS(=O)(=O)c1cccs1)C(=O)Nc1ccc(C)cc1. The predicted octanol–water partition coefficient (Wildman–Crippen LogP) is 3.10. The molecule has 1 heterocycles. The number of sulfonamides is 1. The lowest BCUT2D eigenvalue weighted by atomic mass is 10.2. The van der Waals surface area contributed by atoms with E-state index in [0.29, 0.717) is 17.9 Å². The Labute approximate surface area is 150 Å². The van der Waals surface area contributed by atoms with E-state index in [1.165, 1.54) is 6.07 Å². The Balaban J connectivity index is 2.12. The molecule has 0 bridgehead atoms. The molecule has 0 saturated heterocycles. The van der Waals surface area contributed by atoms with Gasteiger partial charge in [0.2, 0.25) is 5.91 Å². The van der Waals surface area contributed by atoms with E-state index in [1.54, 1.807) is 35.3 Å². The number of benzene rings is 1. The maximum absolute atomic E-state index is 12.5. The summed E-state index contributed by atoms with van der Waals surface area (Å²) in [7, 11) is -3.69. The maximum atomic E-state index is 12.5. The Hall–Kier alpha value is -1.35. The molecule has 8 heteroatoms. The van der Waals surface area contributed by atoms with Crippen LogP contribution in [0.15, 0.2) is 46.0 Å². The van der Waals surface area contributed by atoms with E-state index < -0.39 is 16.1 Å². The van der Waals surface area contributed by atoms with E-state index in [1.807, 2.05) is 25.3 Å². The normalized spacial score (nSPS) is 12.8. The number of rotatable bonds is 8. The number of anilines is 1. The van der Waals surface area contributed by atoms with E-state index in [4.69, 9.17) is 0 Å². The van der Waals surface area contributed by atoms with Crippen LogP contribution >= 0.6 is 23.1 Å². The van der Waals surface area contributed by atoms with E-state index in [0.717, 1.165) is 16.9 Å². The van der Waals surface area contributed by atoms with Crippen LogP contribution in [0.25, 0.3) is 0 Å². The average molecular weight is 385 g/mol. The van der Waals surface area contributed by atoms with E-state index in [-0.39, 0.29) is 10.1 Å². The second kappa shape index (κ2) is 8.66. The molecule has 1 aromatic heterocycles. The molecule has 0 radical (unpaired) electrons. The maximum Gasteiger partial charge on any atom is 0.250 e. The zero-order valence-corrected chi connectivity index (χ0v) is 15.9. The van der Waals surface area contributed by atoms with Crippen LogP contribution in [0.4, 0.5) is 5.69 Å². The van der Waals surface area contributed by atoms with Gasteiger partial charge in [-0.25, -0.2) is 8.42 Å². The van der Waals surface area contributed by atoms with E-state index in [9.17, 15) is 13.2 Å².